The van der Waals surface area contributed by atoms with Crippen molar-refractivity contribution in [2.45, 2.75) is 77.1 Å². The van der Waals surface area contributed by atoms with Gasteiger partial charge >= 0.3 is 6.09 Å². The zero-order valence-corrected chi connectivity index (χ0v) is 20.9. The van der Waals surface area contributed by atoms with Crippen LogP contribution in [0.15, 0.2) is 6.33 Å². The van der Waals surface area contributed by atoms with Crippen LogP contribution in [0.3, 0.4) is 0 Å². The molecule has 1 aliphatic heterocycles. The molecule has 2 aromatic rings. The molecule has 3 heterocycles. The molecule has 2 fully saturated rings. The maximum Gasteiger partial charge on any atom is 0.410 e. The number of hydrogen-bond acceptors (Lipinski definition) is 7. The van der Waals surface area contributed by atoms with Crippen molar-refractivity contribution in [3.05, 3.63) is 10.0 Å². The van der Waals surface area contributed by atoms with Gasteiger partial charge in [0.15, 0.2) is 5.65 Å². The molecule has 10 heteroatoms. The van der Waals surface area contributed by atoms with E-state index in [0.29, 0.717) is 24.4 Å². The first-order chi connectivity index (χ1) is 14.6. The molecular weight excluding hydrogens is 509 g/mol. The van der Waals surface area contributed by atoms with Crippen LogP contribution < -0.4 is 5.73 Å². The van der Waals surface area contributed by atoms with Crippen LogP contribution in [-0.2, 0) is 4.74 Å². The molecule has 0 unspecified atom stereocenters. The molecule has 170 valence electrons. The molecule has 0 aromatic carbocycles. The van der Waals surface area contributed by atoms with Crippen molar-refractivity contribution in [1.29, 1.82) is 0 Å². The number of ether oxygens (including phenoxy) is 1. The van der Waals surface area contributed by atoms with Crippen molar-refractivity contribution in [2.24, 2.45) is 0 Å². The normalized spacial score (nSPS) is 25.7. The summed E-state index contributed by atoms with van der Waals surface area (Å²) in [5, 5.41) is 5.59. The molecule has 2 aromatic heterocycles. The van der Waals surface area contributed by atoms with Crippen molar-refractivity contribution < 1.29 is 9.53 Å². The molecule has 2 N–H and O–H groups in total. The highest BCUT2D eigenvalue weighted by molar-refractivity contribution is 14.1. The fourth-order valence-corrected chi connectivity index (χ4v) is 5.53. The minimum atomic E-state index is -0.462. The molecule has 1 saturated carbocycles. The summed E-state index contributed by atoms with van der Waals surface area (Å²) in [5.41, 5.74) is 6.42. The predicted octanol–water partition coefficient (Wildman–Crippen LogP) is 3.44. The monoisotopic (exact) mass is 541 g/mol. The van der Waals surface area contributed by atoms with Crippen LogP contribution >= 0.6 is 22.6 Å². The summed E-state index contributed by atoms with van der Waals surface area (Å²) in [6, 6.07) is 1.02. The first kappa shape index (κ1) is 22.5. The maximum absolute atomic E-state index is 12.5. The zero-order valence-electron chi connectivity index (χ0n) is 18.7. The molecule has 31 heavy (non-hydrogen) atoms. The third kappa shape index (κ3) is 4.74. The van der Waals surface area contributed by atoms with Crippen molar-refractivity contribution in [3.8, 4) is 0 Å². The lowest BCUT2D eigenvalue weighted by atomic mass is 9.89. The lowest BCUT2D eigenvalue weighted by Gasteiger charge is -2.45. The number of hydrogen-bond donors (Lipinski definition) is 1. The number of anilines is 1. The summed E-state index contributed by atoms with van der Waals surface area (Å²) in [5.74, 6) is 0.492. The SMILES string of the molecule is C[C@H]1CN([C@H]2CC[C@H](n3nc(I)c4c(N)ncnc43)CC2)CCN1C(=O)OC(C)(C)C. The number of aromatic nitrogens is 4. The quantitative estimate of drug-likeness (QED) is 0.582. The molecule has 1 atom stereocenters. The van der Waals surface area contributed by atoms with Crippen LogP contribution in [0.4, 0.5) is 10.6 Å². The van der Waals surface area contributed by atoms with Gasteiger partial charge in [0.25, 0.3) is 0 Å². The summed E-state index contributed by atoms with van der Waals surface area (Å²) < 4.78 is 8.49. The van der Waals surface area contributed by atoms with E-state index in [2.05, 4.69) is 49.1 Å². The van der Waals surface area contributed by atoms with Crippen molar-refractivity contribution >= 4 is 45.5 Å². The van der Waals surface area contributed by atoms with Gasteiger partial charge < -0.3 is 15.4 Å². The molecule has 1 aliphatic carbocycles. The summed E-state index contributed by atoms with van der Waals surface area (Å²) in [4.78, 5) is 25.5. The lowest BCUT2D eigenvalue weighted by molar-refractivity contribution is -0.00823. The Balaban J connectivity index is 1.36. The third-order valence-corrected chi connectivity index (χ3v) is 7.05. The Morgan fingerprint density at radius 1 is 1.16 bits per heavy atom. The summed E-state index contributed by atoms with van der Waals surface area (Å²) in [6.07, 6.45) is 5.66. The first-order valence-corrected chi connectivity index (χ1v) is 12.1. The van der Waals surface area contributed by atoms with Gasteiger partial charge in [-0.2, -0.15) is 5.10 Å². The largest absolute Gasteiger partial charge is 0.444 e. The van der Waals surface area contributed by atoms with Gasteiger partial charge in [-0.05, 0) is 76.0 Å². The van der Waals surface area contributed by atoms with E-state index in [1.54, 1.807) is 0 Å². The van der Waals surface area contributed by atoms with Gasteiger partial charge in [0.2, 0.25) is 0 Å². The van der Waals surface area contributed by atoms with Gasteiger partial charge in [-0.15, -0.1) is 0 Å². The van der Waals surface area contributed by atoms with Gasteiger partial charge in [0.1, 0.15) is 21.4 Å². The Hall–Kier alpha value is -1.69. The molecule has 0 spiro atoms. The van der Waals surface area contributed by atoms with Gasteiger partial charge in [-0.25, -0.2) is 19.4 Å². The van der Waals surface area contributed by atoms with Gasteiger partial charge in [-0.1, -0.05) is 0 Å². The number of halogens is 1. The molecule has 1 saturated heterocycles. The second-order valence-corrected chi connectivity index (χ2v) is 10.7. The Morgan fingerprint density at radius 3 is 2.48 bits per heavy atom. The van der Waals surface area contributed by atoms with E-state index < -0.39 is 5.60 Å². The highest BCUT2D eigenvalue weighted by Crippen LogP contribution is 2.35. The van der Waals surface area contributed by atoms with Gasteiger partial charge in [0, 0.05) is 31.7 Å². The van der Waals surface area contributed by atoms with Crippen LogP contribution in [0.25, 0.3) is 11.0 Å². The maximum atomic E-state index is 12.5. The molecule has 2 aliphatic rings. The molecule has 9 nitrogen and oxygen atoms in total. The highest BCUT2D eigenvalue weighted by atomic mass is 127. The van der Waals surface area contributed by atoms with Crippen LogP contribution in [0.1, 0.15) is 59.4 Å². The molecule has 1 amide bonds. The van der Waals surface area contributed by atoms with Gasteiger partial charge in [0.05, 0.1) is 11.4 Å². The van der Waals surface area contributed by atoms with E-state index >= 15 is 0 Å². The number of nitrogen functional groups attached to an aromatic ring is 1. The third-order valence-electron chi connectivity index (χ3n) is 6.29. The topological polar surface area (TPSA) is 102 Å². The molecule has 0 bridgehead atoms. The zero-order chi connectivity index (χ0) is 22.3. The fraction of sp³-hybridized carbons (Fsp3) is 0.714. The summed E-state index contributed by atoms with van der Waals surface area (Å²) in [7, 11) is 0. The standard InChI is InChI=1S/C21H32IN7O2/c1-13-11-27(9-10-28(13)20(30)31-21(2,3)4)14-5-7-15(8-6-14)29-19-16(17(22)26-29)18(23)24-12-25-19/h12-15H,5-11H2,1-4H3,(H2,23,24,25)/t13-,14-,15-/m0/s1. The second kappa shape index (κ2) is 8.68. The minimum absolute atomic E-state index is 0.151. The number of carbonyl (C=O) groups is 1. The second-order valence-electron chi connectivity index (χ2n) is 9.67. The number of nitrogens with two attached hydrogens (primary N) is 1. The Kier molecular flexibility index (Phi) is 6.30. The van der Waals surface area contributed by atoms with E-state index in [0.717, 1.165) is 53.5 Å². The van der Waals surface area contributed by atoms with Crippen molar-refractivity contribution in [2.75, 3.05) is 25.4 Å². The number of piperazine rings is 1. The Morgan fingerprint density at radius 2 is 1.84 bits per heavy atom. The molecule has 4 rings (SSSR count). The lowest BCUT2D eigenvalue weighted by Crippen LogP contribution is -2.57. The number of fused-ring (bicyclic) bond motifs is 1. The van der Waals surface area contributed by atoms with Crippen LogP contribution in [0.2, 0.25) is 0 Å². The number of nitrogens with zero attached hydrogens (tertiary/aromatic N) is 6. The number of rotatable bonds is 2. The number of carbonyl (C=O) groups excluding carboxylic acids is 1. The first-order valence-electron chi connectivity index (χ1n) is 11.0. The van der Waals surface area contributed by atoms with Crippen molar-refractivity contribution in [1.82, 2.24) is 29.5 Å². The molecular formula is C21H32IN7O2. The average molecular weight is 541 g/mol. The highest BCUT2D eigenvalue weighted by Gasteiger charge is 2.35. The predicted molar refractivity (Wildman–Crippen MR) is 128 cm³/mol. The van der Waals surface area contributed by atoms with Gasteiger partial charge in [-0.3, -0.25) is 4.90 Å². The van der Waals surface area contributed by atoms with Crippen molar-refractivity contribution in [3.63, 3.8) is 0 Å². The number of amides is 1. The van der Waals surface area contributed by atoms with E-state index in [9.17, 15) is 4.79 Å². The summed E-state index contributed by atoms with van der Waals surface area (Å²) in [6.45, 7) is 10.3. The Labute approximate surface area is 196 Å². The minimum Gasteiger partial charge on any atom is -0.444 e. The Bertz CT molecular complexity index is 949. The average Bonchev–Trinajstić information content (AvgIpc) is 3.04. The van der Waals surface area contributed by atoms with Crippen LogP contribution in [0, 0.1) is 3.70 Å². The van der Waals surface area contributed by atoms with E-state index in [1.165, 1.54) is 6.33 Å². The van der Waals surface area contributed by atoms with E-state index in [-0.39, 0.29) is 12.1 Å². The molecule has 0 radical (unpaired) electrons. The van der Waals surface area contributed by atoms with E-state index in [4.69, 9.17) is 15.6 Å². The van der Waals surface area contributed by atoms with E-state index in [1.807, 2.05) is 25.7 Å². The fourth-order valence-electron chi connectivity index (χ4n) is 4.78. The summed E-state index contributed by atoms with van der Waals surface area (Å²) >= 11 is 2.21. The smallest absolute Gasteiger partial charge is 0.410 e. The van der Waals surface area contributed by atoms with Crippen LogP contribution in [-0.4, -0.2) is 73.0 Å². The van der Waals surface area contributed by atoms with Crippen LogP contribution in [0.5, 0.6) is 0 Å².